The summed E-state index contributed by atoms with van der Waals surface area (Å²) in [6.45, 7) is 2.13. The van der Waals surface area contributed by atoms with Gasteiger partial charge in [0.2, 0.25) is 0 Å². The number of aliphatic hydroxyl groups is 2. The van der Waals surface area contributed by atoms with Gasteiger partial charge < -0.3 is 15.3 Å². The van der Waals surface area contributed by atoms with E-state index >= 15 is 0 Å². The number of aliphatic hydroxyl groups excluding tert-OH is 2. The van der Waals surface area contributed by atoms with Gasteiger partial charge in [0.05, 0.1) is 12.2 Å². The number of hydrogen-bond acceptors (Lipinski definition) is 5. The van der Waals surface area contributed by atoms with E-state index in [1.807, 2.05) is 12.2 Å². The van der Waals surface area contributed by atoms with Crippen LogP contribution in [0.15, 0.2) is 12.2 Å². The molecule has 1 saturated carbocycles. The Labute approximate surface area is 154 Å². The van der Waals surface area contributed by atoms with E-state index in [9.17, 15) is 19.8 Å². The highest BCUT2D eigenvalue weighted by molar-refractivity contribution is 8.00. The zero-order valence-electron chi connectivity index (χ0n) is 15.1. The first-order chi connectivity index (χ1) is 12.0. The third-order valence-corrected chi connectivity index (χ3v) is 6.14. The minimum absolute atomic E-state index is 0.0839. The summed E-state index contributed by atoms with van der Waals surface area (Å²) < 4.78 is 0. The summed E-state index contributed by atoms with van der Waals surface area (Å²) in [6, 6.07) is 0. The lowest BCUT2D eigenvalue weighted by atomic mass is 10.0. The van der Waals surface area contributed by atoms with Crippen LogP contribution in [0.4, 0.5) is 0 Å². The summed E-state index contributed by atoms with van der Waals surface area (Å²) in [6.07, 6.45) is 9.04. The lowest BCUT2D eigenvalue weighted by Crippen LogP contribution is -2.25. The number of Topliss-reactive ketones (excluding diaryl/α,β-unsaturated/α-hetero) is 1. The van der Waals surface area contributed by atoms with E-state index in [1.165, 1.54) is 11.8 Å². The minimum Gasteiger partial charge on any atom is -0.481 e. The zero-order chi connectivity index (χ0) is 18.7. The predicted octanol–water partition coefficient (Wildman–Crippen LogP) is 3.18. The molecule has 1 aliphatic rings. The normalized spacial score (nSPS) is 24.9. The summed E-state index contributed by atoms with van der Waals surface area (Å²) in [5.74, 6) is -0.368. The SMILES string of the molecule is CCCCCC(O)CS[C@H]1[C@H](O)CC(=O)[C@@H]1CC=CCCCC(=O)O. The van der Waals surface area contributed by atoms with Crippen LogP contribution in [0.3, 0.4) is 0 Å². The molecule has 0 radical (unpaired) electrons. The van der Waals surface area contributed by atoms with Crippen molar-refractivity contribution in [2.24, 2.45) is 5.92 Å². The Bertz CT molecular complexity index is 438. The molecular formula is C19H32O5S. The molecule has 0 spiro atoms. The molecule has 1 aliphatic carbocycles. The number of allylic oxidation sites excluding steroid dienone is 2. The van der Waals surface area contributed by atoms with Crippen LogP contribution < -0.4 is 0 Å². The molecular weight excluding hydrogens is 340 g/mol. The molecule has 0 saturated heterocycles. The second-order valence-electron chi connectivity index (χ2n) is 6.78. The smallest absolute Gasteiger partial charge is 0.303 e. The van der Waals surface area contributed by atoms with Gasteiger partial charge in [-0.15, -0.1) is 0 Å². The number of carbonyl (C=O) groups is 2. The number of carboxylic acids is 1. The first-order valence-corrected chi connectivity index (χ1v) is 10.4. The lowest BCUT2D eigenvalue weighted by molar-refractivity contribution is -0.137. The number of hydrogen-bond donors (Lipinski definition) is 3. The molecule has 0 bridgehead atoms. The first-order valence-electron chi connectivity index (χ1n) is 9.33. The molecule has 0 heterocycles. The van der Waals surface area contributed by atoms with E-state index in [0.717, 1.165) is 25.7 Å². The highest BCUT2D eigenvalue weighted by Crippen LogP contribution is 2.36. The summed E-state index contributed by atoms with van der Waals surface area (Å²) in [5.41, 5.74) is 0. The van der Waals surface area contributed by atoms with Crippen LogP contribution in [0.1, 0.15) is 64.7 Å². The van der Waals surface area contributed by atoms with Crippen molar-refractivity contribution in [2.75, 3.05) is 5.75 Å². The monoisotopic (exact) mass is 372 g/mol. The van der Waals surface area contributed by atoms with Crippen molar-refractivity contribution in [3.8, 4) is 0 Å². The Morgan fingerprint density at radius 1 is 1.32 bits per heavy atom. The van der Waals surface area contributed by atoms with Crippen molar-refractivity contribution in [1.29, 1.82) is 0 Å². The van der Waals surface area contributed by atoms with E-state index in [-0.39, 0.29) is 35.9 Å². The van der Waals surface area contributed by atoms with E-state index < -0.39 is 12.1 Å². The van der Waals surface area contributed by atoms with E-state index in [1.54, 1.807) is 0 Å². The van der Waals surface area contributed by atoms with Gasteiger partial charge in [0, 0.05) is 29.8 Å². The van der Waals surface area contributed by atoms with Crippen molar-refractivity contribution in [1.82, 2.24) is 0 Å². The highest BCUT2D eigenvalue weighted by atomic mass is 32.2. The van der Waals surface area contributed by atoms with Gasteiger partial charge in [0.1, 0.15) is 5.78 Å². The van der Waals surface area contributed by atoms with Crippen LogP contribution in [0.2, 0.25) is 0 Å². The molecule has 0 aliphatic heterocycles. The van der Waals surface area contributed by atoms with E-state index in [4.69, 9.17) is 5.11 Å². The zero-order valence-corrected chi connectivity index (χ0v) is 15.9. The second kappa shape index (κ2) is 12.5. The van der Waals surface area contributed by atoms with Gasteiger partial charge >= 0.3 is 5.97 Å². The number of unbranched alkanes of at least 4 members (excludes halogenated alkanes) is 3. The molecule has 6 heteroatoms. The number of aliphatic carboxylic acids is 1. The third kappa shape index (κ3) is 8.88. The standard InChI is InChI=1S/C19H32O5S/c1-2-3-6-9-14(20)13-25-19-15(16(21)12-17(19)22)10-7-4-5-8-11-18(23)24/h4,7,14-15,17,19-20,22H,2-3,5-6,8-13H2,1H3,(H,23,24)/t14?,15-,17+,19+/m0/s1. The van der Waals surface area contributed by atoms with Crippen LogP contribution in [-0.2, 0) is 9.59 Å². The highest BCUT2D eigenvalue weighted by Gasteiger charge is 2.41. The molecule has 5 nitrogen and oxygen atoms in total. The molecule has 0 amide bonds. The molecule has 3 N–H and O–H groups in total. The average Bonchev–Trinajstić information content (AvgIpc) is 2.82. The predicted molar refractivity (Wildman–Crippen MR) is 101 cm³/mol. The number of carboxylic acid groups (broad SMARTS) is 1. The van der Waals surface area contributed by atoms with Crippen LogP contribution in [-0.4, -0.2) is 50.3 Å². The van der Waals surface area contributed by atoms with Gasteiger partial charge in [0.15, 0.2) is 0 Å². The number of ketones is 1. The Morgan fingerprint density at radius 2 is 2.08 bits per heavy atom. The van der Waals surface area contributed by atoms with Crippen LogP contribution in [0, 0.1) is 5.92 Å². The van der Waals surface area contributed by atoms with Crippen LogP contribution >= 0.6 is 11.8 Å². The molecule has 0 aromatic heterocycles. The topological polar surface area (TPSA) is 94.8 Å². The summed E-state index contributed by atoms with van der Waals surface area (Å²) in [4.78, 5) is 22.6. The first kappa shape index (κ1) is 22.2. The van der Waals surface area contributed by atoms with Crippen molar-refractivity contribution in [2.45, 2.75) is 82.2 Å². The maximum absolute atomic E-state index is 12.1. The fourth-order valence-corrected chi connectivity index (χ4v) is 4.51. The lowest BCUT2D eigenvalue weighted by Gasteiger charge is -2.21. The summed E-state index contributed by atoms with van der Waals surface area (Å²) in [7, 11) is 0. The molecule has 4 atom stereocenters. The van der Waals surface area contributed by atoms with Crippen molar-refractivity contribution in [3.05, 3.63) is 12.2 Å². The van der Waals surface area contributed by atoms with E-state index in [2.05, 4.69) is 6.92 Å². The van der Waals surface area contributed by atoms with Crippen LogP contribution in [0.5, 0.6) is 0 Å². The largest absolute Gasteiger partial charge is 0.481 e. The maximum atomic E-state index is 12.1. The molecule has 144 valence electrons. The summed E-state index contributed by atoms with van der Waals surface area (Å²) in [5, 5.41) is 28.6. The molecule has 1 unspecified atom stereocenters. The van der Waals surface area contributed by atoms with Gasteiger partial charge in [-0.3, -0.25) is 9.59 Å². The number of thioether (sulfide) groups is 1. The molecule has 1 fully saturated rings. The molecule has 1 rings (SSSR count). The Balaban J connectivity index is 2.38. The van der Waals surface area contributed by atoms with Gasteiger partial charge in [0.25, 0.3) is 0 Å². The van der Waals surface area contributed by atoms with Crippen LogP contribution in [0.25, 0.3) is 0 Å². The Morgan fingerprint density at radius 3 is 2.76 bits per heavy atom. The summed E-state index contributed by atoms with van der Waals surface area (Å²) >= 11 is 1.51. The Hall–Kier alpha value is -0.850. The number of carbonyl (C=O) groups excluding carboxylic acids is 1. The van der Waals surface area contributed by atoms with Gasteiger partial charge in [-0.2, -0.15) is 11.8 Å². The Kier molecular flexibility index (Phi) is 11.1. The van der Waals surface area contributed by atoms with Crippen molar-refractivity contribution < 1.29 is 24.9 Å². The molecule has 0 aromatic rings. The molecule has 0 aromatic carbocycles. The average molecular weight is 373 g/mol. The second-order valence-corrected chi connectivity index (χ2v) is 8.00. The quantitative estimate of drug-likeness (QED) is 0.339. The van der Waals surface area contributed by atoms with Gasteiger partial charge in [-0.1, -0.05) is 38.3 Å². The van der Waals surface area contributed by atoms with Crippen molar-refractivity contribution >= 4 is 23.5 Å². The fourth-order valence-electron chi connectivity index (χ4n) is 3.09. The number of rotatable bonds is 13. The minimum atomic E-state index is -0.795. The van der Waals surface area contributed by atoms with E-state index in [0.29, 0.717) is 25.0 Å². The fraction of sp³-hybridized carbons (Fsp3) is 0.789. The maximum Gasteiger partial charge on any atom is 0.303 e. The van der Waals surface area contributed by atoms with Gasteiger partial charge in [-0.05, 0) is 25.7 Å². The van der Waals surface area contributed by atoms with Crippen molar-refractivity contribution in [3.63, 3.8) is 0 Å². The molecule has 25 heavy (non-hydrogen) atoms. The third-order valence-electron chi connectivity index (χ3n) is 4.54. The van der Waals surface area contributed by atoms with Gasteiger partial charge in [-0.25, -0.2) is 0 Å².